The number of hydrogen-bond acceptors (Lipinski definition) is 6. The second-order valence-electron chi connectivity index (χ2n) is 7.54. The van der Waals surface area contributed by atoms with Crippen LogP contribution >= 0.6 is 0 Å². The van der Waals surface area contributed by atoms with Gasteiger partial charge in [0, 0.05) is 45.5 Å². The van der Waals surface area contributed by atoms with Gasteiger partial charge in [0.05, 0.1) is 26.0 Å². The molecule has 0 spiro atoms. The third-order valence-electron chi connectivity index (χ3n) is 5.28. The SMILES string of the molecule is COCCN(CC(=O)Nc1cccc(C)c1C)CC(=O)N1CCN(S(C)(=O)=O)CC1. The lowest BCUT2D eigenvalue weighted by atomic mass is 10.1. The van der Waals surface area contributed by atoms with Crippen LogP contribution in [0.2, 0.25) is 0 Å². The van der Waals surface area contributed by atoms with Crippen molar-refractivity contribution in [1.29, 1.82) is 0 Å². The quantitative estimate of drug-likeness (QED) is 0.593. The summed E-state index contributed by atoms with van der Waals surface area (Å²) in [5.41, 5.74) is 2.86. The van der Waals surface area contributed by atoms with E-state index in [0.717, 1.165) is 16.8 Å². The fourth-order valence-electron chi connectivity index (χ4n) is 3.27. The Morgan fingerprint density at radius 3 is 2.40 bits per heavy atom. The molecule has 2 amide bonds. The zero-order valence-corrected chi connectivity index (χ0v) is 19.0. The molecule has 1 saturated heterocycles. The van der Waals surface area contributed by atoms with Gasteiger partial charge in [-0.3, -0.25) is 14.5 Å². The molecule has 1 heterocycles. The van der Waals surface area contributed by atoms with E-state index in [-0.39, 0.29) is 38.0 Å². The van der Waals surface area contributed by atoms with Crippen molar-refractivity contribution in [3.8, 4) is 0 Å². The van der Waals surface area contributed by atoms with Crippen LogP contribution in [0.4, 0.5) is 5.69 Å². The first-order valence-electron chi connectivity index (χ1n) is 9.92. The minimum absolute atomic E-state index is 0.0613. The van der Waals surface area contributed by atoms with Crippen LogP contribution in [0.25, 0.3) is 0 Å². The predicted octanol–water partition coefficient (Wildman–Crippen LogP) is 0.294. The molecule has 2 rings (SSSR count). The van der Waals surface area contributed by atoms with E-state index in [9.17, 15) is 18.0 Å². The highest BCUT2D eigenvalue weighted by Gasteiger charge is 2.27. The zero-order valence-electron chi connectivity index (χ0n) is 18.2. The highest BCUT2D eigenvalue weighted by atomic mass is 32.2. The molecule has 30 heavy (non-hydrogen) atoms. The number of methoxy groups -OCH3 is 1. The number of benzene rings is 1. The van der Waals surface area contributed by atoms with Gasteiger partial charge in [0.25, 0.3) is 0 Å². The molecule has 9 nitrogen and oxygen atoms in total. The first-order chi connectivity index (χ1) is 14.1. The molecule has 1 aromatic carbocycles. The average molecular weight is 441 g/mol. The molecule has 0 saturated carbocycles. The molecule has 0 aromatic heterocycles. The number of nitrogens with zero attached hydrogens (tertiary/aromatic N) is 3. The Hall–Kier alpha value is -2.01. The monoisotopic (exact) mass is 440 g/mol. The molecule has 1 aliphatic heterocycles. The van der Waals surface area contributed by atoms with Gasteiger partial charge in [-0.1, -0.05) is 12.1 Å². The van der Waals surface area contributed by atoms with Crippen molar-refractivity contribution < 1.29 is 22.7 Å². The van der Waals surface area contributed by atoms with Crippen LogP contribution in [0.1, 0.15) is 11.1 Å². The minimum atomic E-state index is -3.25. The number of rotatable bonds is 9. The van der Waals surface area contributed by atoms with Crippen LogP contribution < -0.4 is 5.32 Å². The summed E-state index contributed by atoms with van der Waals surface area (Å²) in [6, 6.07) is 5.73. The Morgan fingerprint density at radius 2 is 1.80 bits per heavy atom. The molecule has 0 bridgehead atoms. The number of carbonyl (C=O) groups is 2. The molecule has 0 aliphatic carbocycles. The van der Waals surface area contributed by atoms with Crippen molar-refractivity contribution >= 4 is 27.5 Å². The third-order valence-corrected chi connectivity index (χ3v) is 6.58. The van der Waals surface area contributed by atoms with Crippen LogP contribution in [0, 0.1) is 13.8 Å². The molecular weight excluding hydrogens is 408 g/mol. The maximum Gasteiger partial charge on any atom is 0.238 e. The van der Waals surface area contributed by atoms with Crippen LogP contribution in [-0.2, 0) is 24.3 Å². The van der Waals surface area contributed by atoms with Gasteiger partial charge in [-0.25, -0.2) is 8.42 Å². The summed E-state index contributed by atoms with van der Waals surface area (Å²) in [6.07, 6.45) is 1.17. The van der Waals surface area contributed by atoms with Crippen molar-refractivity contribution in [2.45, 2.75) is 13.8 Å². The topological polar surface area (TPSA) is 99.3 Å². The van der Waals surface area contributed by atoms with E-state index in [0.29, 0.717) is 26.2 Å². The second kappa shape index (κ2) is 10.9. The number of hydrogen-bond donors (Lipinski definition) is 1. The number of amides is 2. The Balaban J connectivity index is 1.94. The highest BCUT2D eigenvalue weighted by molar-refractivity contribution is 7.88. The van der Waals surface area contributed by atoms with Crippen LogP contribution in [0.5, 0.6) is 0 Å². The van der Waals surface area contributed by atoms with Crippen molar-refractivity contribution in [3.05, 3.63) is 29.3 Å². The van der Waals surface area contributed by atoms with E-state index in [1.54, 1.807) is 16.9 Å². The van der Waals surface area contributed by atoms with Crippen molar-refractivity contribution in [3.63, 3.8) is 0 Å². The lowest BCUT2D eigenvalue weighted by molar-refractivity contribution is -0.134. The molecule has 168 valence electrons. The fourth-order valence-corrected chi connectivity index (χ4v) is 4.10. The van der Waals surface area contributed by atoms with Gasteiger partial charge in [-0.05, 0) is 31.0 Å². The van der Waals surface area contributed by atoms with Crippen LogP contribution in [-0.4, -0.2) is 100 Å². The zero-order chi connectivity index (χ0) is 22.3. The summed E-state index contributed by atoms with van der Waals surface area (Å²) in [6.45, 7) is 6.17. The molecule has 1 N–H and O–H groups in total. The largest absolute Gasteiger partial charge is 0.383 e. The Labute approximate surface area is 179 Å². The van der Waals surface area contributed by atoms with Gasteiger partial charge < -0.3 is 15.0 Å². The molecule has 1 fully saturated rings. The molecule has 0 unspecified atom stereocenters. The third kappa shape index (κ3) is 7.05. The maximum absolute atomic E-state index is 12.7. The van der Waals surface area contributed by atoms with Gasteiger partial charge in [0.2, 0.25) is 21.8 Å². The van der Waals surface area contributed by atoms with Crippen LogP contribution in [0.15, 0.2) is 18.2 Å². The minimum Gasteiger partial charge on any atom is -0.383 e. The summed E-state index contributed by atoms with van der Waals surface area (Å²) in [4.78, 5) is 28.7. The second-order valence-corrected chi connectivity index (χ2v) is 9.52. The lowest BCUT2D eigenvalue weighted by Crippen LogP contribution is -2.53. The van der Waals surface area contributed by atoms with Crippen molar-refractivity contribution in [2.24, 2.45) is 0 Å². The first kappa shape index (κ1) is 24.3. The van der Waals surface area contributed by atoms with Gasteiger partial charge in [0.15, 0.2) is 0 Å². The molecule has 10 heteroatoms. The van der Waals surface area contributed by atoms with Gasteiger partial charge >= 0.3 is 0 Å². The molecule has 1 aliphatic rings. The normalized spacial score (nSPS) is 15.4. The van der Waals surface area contributed by atoms with Gasteiger partial charge in [0.1, 0.15) is 0 Å². The average Bonchev–Trinajstić information content (AvgIpc) is 2.69. The van der Waals surface area contributed by atoms with Gasteiger partial charge in [-0.2, -0.15) is 4.31 Å². The first-order valence-corrected chi connectivity index (χ1v) is 11.8. The summed E-state index contributed by atoms with van der Waals surface area (Å²) < 4.78 is 29.7. The molecule has 0 atom stereocenters. The summed E-state index contributed by atoms with van der Waals surface area (Å²) >= 11 is 0. The van der Waals surface area contributed by atoms with E-state index < -0.39 is 10.0 Å². The number of anilines is 1. The fraction of sp³-hybridized carbons (Fsp3) is 0.600. The van der Waals surface area contributed by atoms with Crippen molar-refractivity contribution in [1.82, 2.24) is 14.1 Å². The number of piperazine rings is 1. The number of aryl methyl sites for hydroxylation is 1. The summed E-state index contributed by atoms with van der Waals surface area (Å²) in [7, 11) is -1.68. The predicted molar refractivity (Wildman–Crippen MR) is 116 cm³/mol. The molecule has 1 aromatic rings. The van der Waals surface area contributed by atoms with Gasteiger partial charge in [-0.15, -0.1) is 0 Å². The molecular formula is C20H32N4O5S. The van der Waals surface area contributed by atoms with E-state index in [4.69, 9.17) is 4.74 Å². The standard InChI is InChI=1S/C20H32N4O5S/c1-16-6-5-7-18(17(16)2)21-19(25)14-22(12-13-29-3)15-20(26)23-8-10-24(11-9-23)30(4,27)28/h5-7H,8-15H2,1-4H3,(H,21,25). The molecule has 0 radical (unpaired) electrons. The summed E-state index contributed by atoms with van der Waals surface area (Å²) in [5.74, 6) is -0.326. The van der Waals surface area contributed by atoms with E-state index in [1.807, 2.05) is 32.0 Å². The van der Waals surface area contributed by atoms with E-state index in [1.165, 1.54) is 10.6 Å². The number of carbonyl (C=O) groups excluding carboxylic acids is 2. The Bertz CT molecular complexity index is 851. The van der Waals surface area contributed by atoms with E-state index >= 15 is 0 Å². The Morgan fingerprint density at radius 1 is 1.13 bits per heavy atom. The lowest BCUT2D eigenvalue weighted by Gasteiger charge is -2.34. The van der Waals surface area contributed by atoms with Crippen LogP contribution in [0.3, 0.4) is 0 Å². The number of ether oxygens (including phenoxy) is 1. The van der Waals surface area contributed by atoms with E-state index in [2.05, 4.69) is 5.32 Å². The highest BCUT2D eigenvalue weighted by Crippen LogP contribution is 2.17. The maximum atomic E-state index is 12.7. The van der Waals surface area contributed by atoms with Crippen molar-refractivity contribution in [2.75, 3.05) is 71.1 Å². The number of sulfonamides is 1. The summed E-state index contributed by atoms with van der Waals surface area (Å²) in [5, 5.41) is 2.91. The Kier molecular flexibility index (Phi) is 8.78. The number of nitrogens with one attached hydrogen (secondary N) is 1. The smallest absolute Gasteiger partial charge is 0.238 e.